The van der Waals surface area contributed by atoms with Crippen LogP contribution in [0.3, 0.4) is 0 Å². The Kier molecular flexibility index (Phi) is 2.12. The van der Waals surface area contributed by atoms with Crippen LogP contribution in [0.2, 0.25) is 0 Å². The van der Waals surface area contributed by atoms with Crippen LogP contribution in [-0.4, -0.2) is 22.0 Å². The fourth-order valence-electron chi connectivity index (χ4n) is 1.22. The number of fused-ring (bicyclic) bond motifs is 1. The molecule has 2 aromatic rings. The molecule has 0 atom stereocenters. The van der Waals surface area contributed by atoms with E-state index in [9.17, 15) is 0 Å². The first kappa shape index (κ1) is 8.04. The maximum absolute atomic E-state index is 4.40. The lowest BCUT2D eigenvalue weighted by molar-refractivity contribution is 0.807. The zero-order chi connectivity index (χ0) is 9.10. The molecule has 4 nitrogen and oxygen atoms in total. The first-order chi connectivity index (χ1) is 6.42. The van der Waals surface area contributed by atoms with Crippen LogP contribution in [0.25, 0.3) is 11.0 Å². The van der Waals surface area contributed by atoms with Gasteiger partial charge in [0.2, 0.25) is 0 Å². The van der Waals surface area contributed by atoms with Gasteiger partial charge in [0.25, 0.3) is 0 Å². The molecule has 0 unspecified atom stereocenters. The largest absolute Gasteiger partial charge is 0.283 e. The molecule has 0 amide bonds. The second-order valence-electron chi connectivity index (χ2n) is 2.87. The van der Waals surface area contributed by atoms with E-state index >= 15 is 0 Å². The Balaban J connectivity index is 2.37. The third-order valence-electron chi connectivity index (χ3n) is 1.84. The molecular formula is C9H11N4. The lowest BCUT2D eigenvalue weighted by atomic mass is 10.2. The van der Waals surface area contributed by atoms with E-state index in [1.165, 1.54) is 0 Å². The average molecular weight is 175 g/mol. The summed E-state index contributed by atoms with van der Waals surface area (Å²) < 4.78 is 0. The van der Waals surface area contributed by atoms with Gasteiger partial charge in [-0.25, -0.2) is 0 Å². The van der Waals surface area contributed by atoms with Crippen LogP contribution >= 0.6 is 0 Å². The van der Waals surface area contributed by atoms with Crippen molar-refractivity contribution in [3.63, 3.8) is 0 Å². The summed E-state index contributed by atoms with van der Waals surface area (Å²) in [4.78, 5) is 0. The van der Waals surface area contributed by atoms with Crippen LogP contribution < -0.4 is 5.32 Å². The molecule has 0 fully saturated rings. The van der Waals surface area contributed by atoms with Crippen molar-refractivity contribution in [3.8, 4) is 0 Å². The highest BCUT2D eigenvalue weighted by molar-refractivity contribution is 5.84. The van der Waals surface area contributed by atoms with E-state index in [1.54, 1.807) is 0 Å². The van der Waals surface area contributed by atoms with E-state index in [-0.39, 0.29) is 0 Å². The SMILES string of the molecule is CCC[N]c1cccc2[nH]nnc12. The maximum atomic E-state index is 4.40. The first-order valence-corrected chi connectivity index (χ1v) is 4.39. The molecule has 67 valence electrons. The molecule has 0 spiro atoms. The van der Waals surface area contributed by atoms with Gasteiger partial charge in [0, 0.05) is 6.54 Å². The average Bonchev–Trinajstić information content (AvgIpc) is 2.62. The second-order valence-corrected chi connectivity index (χ2v) is 2.87. The molecule has 1 heterocycles. The van der Waals surface area contributed by atoms with Crippen molar-refractivity contribution >= 4 is 16.7 Å². The Morgan fingerprint density at radius 1 is 1.46 bits per heavy atom. The van der Waals surface area contributed by atoms with Crippen LogP contribution in [-0.2, 0) is 0 Å². The number of aromatic nitrogens is 3. The summed E-state index contributed by atoms with van der Waals surface area (Å²) in [5.41, 5.74) is 2.72. The minimum atomic E-state index is 0.839. The van der Waals surface area contributed by atoms with Gasteiger partial charge >= 0.3 is 0 Å². The normalized spacial score (nSPS) is 10.5. The Morgan fingerprint density at radius 2 is 2.38 bits per heavy atom. The zero-order valence-electron chi connectivity index (χ0n) is 7.49. The number of rotatable bonds is 3. The molecule has 1 N–H and O–H groups in total. The monoisotopic (exact) mass is 175 g/mol. The van der Waals surface area contributed by atoms with Gasteiger partial charge in [0.1, 0.15) is 5.52 Å². The maximum Gasteiger partial charge on any atom is 0.138 e. The second kappa shape index (κ2) is 3.43. The van der Waals surface area contributed by atoms with Crippen molar-refractivity contribution in [2.24, 2.45) is 0 Å². The molecule has 0 bridgehead atoms. The van der Waals surface area contributed by atoms with E-state index in [4.69, 9.17) is 0 Å². The predicted octanol–water partition coefficient (Wildman–Crippen LogP) is 1.60. The fraction of sp³-hybridized carbons (Fsp3) is 0.333. The Labute approximate surface area is 76.3 Å². The molecule has 1 aromatic carbocycles. The molecule has 1 radical (unpaired) electrons. The van der Waals surface area contributed by atoms with Gasteiger partial charge in [0.05, 0.1) is 11.2 Å². The number of hydrogen-bond acceptors (Lipinski definition) is 2. The molecule has 4 heteroatoms. The van der Waals surface area contributed by atoms with Crippen molar-refractivity contribution in [2.75, 3.05) is 6.54 Å². The van der Waals surface area contributed by atoms with Gasteiger partial charge in [-0.1, -0.05) is 18.2 Å². The van der Waals surface area contributed by atoms with Crippen molar-refractivity contribution in [2.45, 2.75) is 13.3 Å². The summed E-state index contributed by atoms with van der Waals surface area (Å²) in [6.45, 7) is 2.94. The third kappa shape index (κ3) is 1.47. The molecule has 2 rings (SSSR count). The van der Waals surface area contributed by atoms with Gasteiger partial charge < -0.3 is 0 Å². The van der Waals surface area contributed by atoms with Crippen LogP contribution in [0.15, 0.2) is 18.2 Å². The Hall–Kier alpha value is -1.58. The van der Waals surface area contributed by atoms with E-state index in [2.05, 4.69) is 27.7 Å². The minimum absolute atomic E-state index is 0.839. The molecule has 0 aliphatic carbocycles. The summed E-state index contributed by atoms with van der Waals surface area (Å²) in [7, 11) is 0. The lowest BCUT2D eigenvalue weighted by Gasteiger charge is -2.00. The number of nitrogens with zero attached hydrogens (tertiary/aromatic N) is 3. The van der Waals surface area contributed by atoms with Gasteiger partial charge in [-0.3, -0.25) is 10.4 Å². The summed E-state index contributed by atoms with van der Waals surface area (Å²) in [6, 6.07) is 5.86. The van der Waals surface area contributed by atoms with Crippen LogP contribution in [0.5, 0.6) is 0 Å². The van der Waals surface area contributed by atoms with E-state index in [1.807, 2.05) is 18.2 Å². The Morgan fingerprint density at radius 3 is 3.23 bits per heavy atom. The summed E-state index contributed by atoms with van der Waals surface area (Å²) in [6.07, 6.45) is 1.05. The highest BCUT2D eigenvalue weighted by atomic mass is 15.3. The summed E-state index contributed by atoms with van der Waals surface area (Å²) in [5.74, 6) is 0. The minimum Gasteiger partial charge on any atom is -0.283 e. The third-order valence-corrected chi connectivity index (χ3v) is 1.84. The van der Waals surface area contributed by atoms with E-state index < -0.39 is 0 Å². The number of H-pyrrole nitrogens is 1. The molecule has 0 aliphatic heterocycles. The molecule has 0 aliphatic rings. The van der Waals surface area contributed by atoms with Gasteiger partial charge in [0.15, 0.2) is 0 Å². The molecular weight excluding hydrogens is 164 g/mol. The van der Waals surface area contributed by atoms with Crippen LogP contribution in [0.1, 0.15) is 13.3 Å². The number of hydrogen-bond donors (Lipinski definition) is 1. The van der Waals surface area contributed by atoms with Crippen molar-refractivity contribution < 1.29 is 0 Å². The van der Waals surface area contributed by atoms with Crippen molar-refractivity contribution in [3.05, 3.63) is 18.2 Å². The molecule has 13 heavy (non-hydrogen) atoms. The fourth-order valence-corrected chi connectivity index (χ4v) is 1.22. The number of aromatic amines is 1. The Bertz CT molecular complexity index is 393. The summed E-state index contributed by atoms with van der Waals surface area (Å²) in [5, 5.41) is 14.9. The quantitative estimate of drug-likeness (QED) is 0.770. The number of benzene rings is 1. The molecule has 0 saturated carbocycles. The van der Waals surface area contributed by atoms with Gasteiger partial charge in [-0.15, -0.1) is 5.10 Å². The van der Waals surface area contributed by atoms with Gasteiger partial charge in [-0.05, 0) is 18.6 Å². The van der Waals surface area contributed by atoms with Crippen molar-refractivity contribution in [1.82, 2.24) is 20.7 Å². The van der Waals surface area contributed by atoms with Crippen LogP contribution in [0, 0.1) is 0 Å². The zero-order valence-corrected chi connectivity index (χ0v) is 7.49. The van der Waals surface area contributed by atoms with E-state index in [0.717, 1.165) is 29.7 Å². The van der Waals surface area contributed by atoms with Crippen molar-refractivity contribution in [1.29, 1.82) is 0 Å². The highest BCUT2D eigenvalue weighted by Crippen LogP contribution is 2.18. The number of nitrogens with one attached hydrogen (secondary N) is 1. The standard InChI is InChI=1S/C9H11N4/c1-2-6-10-7-4-3-5-8-9(7)12-13-11-8/h3-5H,2,6H2,1H3,(H,11,12,13). The summed E-state index contributed by atoms with van der Waals surface area (Å²) >= 11 is 0. The highest BCUT2D eigenvalue weighted by Gasteiger charge is 2.03. The molecule has 0 saturated heterocycles. The van der Waals surface area contributed by atoms with Crippen LogP contribution in [0.4, 0.5) is 5.69 Å². The first-order valence-electron chi connectivity index (χ1n) is 4.39. The van der Waals surface area contributed by atoms with Gasteiger partial charge in [-0.2, -0.15) is 0 Å². The smallest absolute Gasteiger partial charge is 0.138 e. The topological polar surface area (TPSA) is 55.7 Å². The van der Waals surface area contributed by atoms with E-state index in [0.29, 0.717) is 0 Å². The molecule has 1 aromatic heterocycles. The lowest BCUT2D eigenvalue weighted by Crippen LogP contribution is -1.98. The predicted molar refractivity (Wildman–Crippen MR) is 50.8 cm³/mol.